The second kappa shape index (κ2) is 5.65. The third kappa shape index (κ3) is 3.67. The van der Waals surface area contributed by atoms with Gasteiger partial charge in [-0.3, -0.25) is 0 Å². The van der Waals surface area contributed by atoms with Crippen LogP contribution in [0.1, 0.15) is 45.7 Å². The summed E-state index contributed by atoms with van der Waals surface area (Å²) in [7, 11) is 0. The summed E-state index contributed by atoms with van der Waals surface area (Å²) in [6.45, 7) is 11.3. The van der Waals surface area contributed by atoms with Crippen LogP contribution in [0.2, 0.25) is 0 Å². The van der Waals surface area contributed by atoms with Gasteiger partial charge in [-0.05, 0) is 42.5 Å². The molecule has 0 nitrogen and oxygen atoms in total. The minimum Gasteiger partial charge on any atom is -0.115 e. The molecule has 0 unspecified atom stereocenters. The normalized spacial score (nSPS) is 12.4. The van der Waals surface area contributed by atoms with Crippen LogP contribution in [-0.2, 0) is 10.2 Å². The Hall–Kier alpha value is -1.21. The van der Waals surface area contributed by atoms with Gasteiger partial charge in [0, 0.05) is 9.64 Å². The van der Waals surface area contributed by atoms with Crippen molar-refractivity contribution < 1.29 is 0 Å². The molecule has 0 bridgehead atoms. The van der Waals surface area contributed by atoms with Crippen LogP contribution in [-0.4, -0.2) is 0 Å². The second-order valence-electron chi connectivity index (χ2n) is 6.75. The SMILES string of the molecule is CC(C)(C)c1ccc(SC(C)(C)c2ccccc2)cc1. The van der Waals surface area contributed by atoms with Gasteiger partial charge in [0.05, 0.1) is 0 Å². The van der Waals surface area contributed by atoms with Crippen molar-refractivity contribution in [1.29, 1.82) is 0 Å². The second-order valence-corrected chi connectivity index (χ2v) is 8.45. The molecule has 0 saturated heterocycles. The zero-order valence-corrected chi connectivity index (χ0v) is 13.9. The van der Waals surface area contributed by atoms with Crippen molar-refractivity contribution in [3.8, 4) is 0 Å². The molecule has 0 radical (unpaired) electrons. The molecule has 0 aliphatic carbocycles. The summed E-state index contributed by atoms with van der Waals surface area (Å²) >= 11 is 1.92. The molecule has 2 aromatic rings. The summed E-state index contributed by atoms with van der Waals surface area (Å²) in [5.74, 6) is 0. The van der Waals surface area contributed by atoms with E-state index in [1.54, 1.807) is 0 Å². The first-order valence-corrected chi connectivity index (χ1v) is 7.96. The summed E-state index contributed by atoms with van der Waals surface area (Å²) in [6.07, 6.45) is 0. The molecule has 0 amide bonds. The Bertz CT molecular complexity index is 545. The van der Waals surface area contributed by atoms with Gasteiger partial charge in [0.2, 0.25) is 0 Å². The maximum Gasteiger partial charge on any atom is 0.0399 e. The number of rotatable bonds is 3. The summed E-state index contributed by atoms with van der Waals surface area (Å²) in [6, 6.07) is 19.7. The van der Waals surface area contributed by atoms with Crippen LogP contribution in [0.4, 0.5) is 0 Å². The molecular weight excluding hydrogens is 260 g/mol. The Morgan fingerprint density at radius 2 is 1.20 bits per heavy atom. The molecule has 0 fully saturated rings. The number of hydrogen-bond donors (Lipinski definition) is 0. The molecule has 0 aliphatic heterocycles. The van der Waals surface area contributed by atoms with E-state index in [0.717, 1.165) is 0 Å². The number of hydrogen-bond acceptors (Lipinski definition) is 1. The lowest BCUT2D eigenvalue weighted by Gasteiger charge is -2.25. The zero-order chi connectivity index (χ0) is 14.8. The van der Waals surface area contributed by atoms with E-state index in [0.29, 0.717) is 0 Å². The molecule has 2 rings (SSSR count). The lowest BCUT2D eigenvalue weighted by Crippen LogP contribution is -2.12. The molecule has 0 spiro atoms. The van der Waals surface area contributed by atoms with Gasteiger partial charge in [0.25, 0.3) is 0 Å². The van der Waals surface area contributed by atoms with Crippen LogP contribution in [0, 0.1) is 0 Å². The van der Waals surface area contributed by atoms with Crippen LogP contribution in [0.3, 0.4) is 0 Å². The van der Waals surface area contributed by atoms with E-state index in [9.17, 15) is 0 Å². The molecule has 0 aliphatic rings. The van der Waals surface area contributed by atoms with E-state index < -0.39 is 0 Å². The minimum atomic E-state index is 0.0878. The standard InChI is InChI=1S/C19H24S/c1-18(2,3)15-11-13-17(14-12-15)20-19(4,5)16-9-7-6-8-10-16/h6-14H,1-5H3. The molecular formula is C19H24S. The minimum absolute atomic E-state index is 0.0878. The lowest BCUT2D eigenvalue weighted by molar-refractivity contribution is 0.589. The largest absolute Gasteiger partial charge is 0.115 e. The van der Waals surface area contributed by atoms with Crippen LogP contribution in [0.5, 0.6) is 0 Å². The van der Waals surface area contributed by atoms with Crippen molar-refractivity contribution in [1.82, 2.24) is 0 Å². The highest BCUT2D eigenvalue weighted by Gasteiger charge is 2.22. The van der Waals surface area contributed by atoms with E-state index in [1.807, 2.05) is 11.8 Å². The highest BCUT2D eigenvalue weighted by atomic mass is 32.2. The fourth-order valence-electron chi connectivity index (χ4n) is 2.22. The molecule has 0 atom stereocenters. The maximum absolute atomic E-state index is 2.28. The monoisotopic (exact) mass is 284 g/mol. The average molecular weight is 284 g/mol. The van der Waals surface area contributed by atoms with Gasteiger partial charge in [-0.15, -0.1) is 11.8 Å². The van der Waals surface area contributed by atoms with Gasteiger partial charge in [-0.25, -0.2) is 0 Å². The van der Waals surface area contributed by atoms with Crippen molar-refractivity contribution in [2.24, 2.45) is 0 Å². The van der Waals surface area contributed by atoms with Gasteiger partial charge in [-0.1, -0.05) is 63.2 Å². The third-order valence-corrected chi connectivity index (χ3v) is 4.82. The van der Waals surface area contributed by atoms with Crippen molar-refractivity contribution >= 4 is 11.8 Å². The fraction of sp³-hybridized carbons (Fsp3) is 0.368. The van der Waals surface area contributed by atoms with Crippen molar-refractivity contribution in [3.05, 3.63) is 65.7 Å². The van der Waals surface area contributed by atoms with E-state index in [-0.39, 0.29) is 10.2 Å². The van der Waals surface area contributed by atoms with Gasteiger partial charge < -0.3 is 0 Å². The lowest BCUT2D eigenvalue weighted by atomic mass is 9.87. The van der Waals surface area contributed by atoms with Gasteiger partial charge >= 0.3 is 0 Å². The zero-order valence-electron chi connectivity index (χ0n) is 13.1. The predicted octanol–water partition coefficient (Wildman–Crippen LogP) is 6.01. The van der Waals surface area contributed by atoms with E-state index in [4.69, 9.17) is 0 Å². The first kappa shape index (κ1) is 15.2. The quantitative estimate of drug-likeness (QED) is 0.622. The number of thioether (sulfide) groups is 1. The predicted molar refractivity (Wildman–Crippen MR) is 90.5 cm³/mol. The first-order chi connectivity index (χ1) is 9.29. The molecule has 0 N–H and O–H groups in total. The smallest absolute Gasteiger partial charge is 0.0399 e. The van der Waals surface area contributed by atoms with Crippen molar-refractivity contribution in [3.63, 3.8) is 0 Å². The average Bonchev–Trinajstić information content (AvgIpc) is 2.39. The van der Waals surface area contributed by atoms with Crippen molar-refractivity contribution in [2.45, 2.75) is 49.7 Å². The molecule has 2 aromatic carbocycles. The maximum atomic E-state index is 2.28. The highest BCUT2D eigenvalue weighted by Crippen LogP contribution is 2.41. The molecule has 0 aromatic heterocycles. The third-order valence-electron chi connectivity index (χ3n) is 3.56. The van der Waals surface area contributed by atoms with E-state index >= 15 is 0 Å². The molecule has 106 valence electrons. The van der Waals surface area contributed by atoms with Crippen LogP contribution >= 0.6 is 11.8 Å². The van der Waals surface area contributed by atoms with Crippen molar-refractivity contribution in [2.75, 3.05) is 0 Å². The van der Waals surface area contributed by atoms with E-state index in [2.05, 4.69) is 89.2 Å². The number of benzene rings is 2. The van der Waals surface area contributed by atoms with Gasteiger partial charge in [-0.2, -0.15) is 0 Å². The van der Waals surface area contributed by atoms with E-state index in [1.165, 1.54) is 16.0 Å². The molecule has 1 heteroatoms. The highest BCUT2D eigenvalue weighted by molar-refractivity contribution is 8.00. The van der Waals surface area contributed by atoms with Gasteiger partial charge in [0.15, 0.2) is 0 Å². The van der Waals surface area contributed by atoms with Gasteiger partial charge in [0.1, 0.15) is 0 Å². The first-order valence-electron chi connectivity index (χ1n) is 7.14. The fourth-order valence-corrected chi connectivity index (χ4v) is 3.33. The Morgan fingerprint density at radius 3 is 1.70 bits per heavy atom. The Kier molecular flexibility index (Phi) is 4.29. The van der Waals surface area contributed by atoms with Crippen LogP contribution in [0.25, 0.3) is 0 Å². The van der Waals surface area contributed by atoms with Crippen LogP contribution in [0.15, 0.2) is 59.5 Å². The summed E-state index contributed by atoms with van der Waals surface area (Å²) in [5, 5.41) is 0. The molecule has 20 heavy (non-hydrogen) atoms. The Morgan fingerprint density at radius 1 is 0.650 bits per heavy atom. The van der Waals surface area contributed by atoms with Crippen LogP contribution < -0.4 is 0 Å². The Balaban J connectivity index is 2.18. The summed E-state index contributed by atoms with van der Waals surface area (Å²) < 4.78 is 0.0878. The topological polar surface area (TPSA) is 0 Å². The molecule has 0 saturated carbocycles. The summed E-state index contributed by atoms with van der Waals surface area (Å²) in [4.78, 5) is 1.33. The Labute approximate surface area is 127 Å². The molecule has 0 heterocycles. The summed E-state index contributed by atoms with van der Waals surface area (Å²) in [5.41, 5.74) is 2.97.